The number of thiol groups is 1. The van der Waals surface area contributed by atoms with Crippen LogP contribution in [0, 0.1) is 11.3 Å². The number of methoxy groups -OCH3 is 1. The van der Waals surface area contributed by atoms with Crippen molar-refractivity contribution in [3.05, 3.63) is 71.2 Å². The van der Waals surface area contributed by atoms with Crippen LogP contribution in [-0.2, 0) is 28.6 Å². The van der Waals surface area contributed by atoms with Gasteiger partial charge in [0.05, 0.1) is 7.11 Å². The molecule has 0 aromatic heterocycles. The molecule has 0 aliphatic carbocycles. The van der Waals surface area contributed by atoms with Gasteiger partial charge in [0.1, 0.15) is 18.2 Å². The number of ether oxygens (including phenoxy) is 3. The van der Waals surface area contributed by atoms with Crippen molar-refractivity contribution in [2.45, 2.75) is 85.5 Å². The first kappa shape index (κ1) is 40.6. The Labute approximate surface area is 284 Å². The Morgan fingerprint density at radius 2 is 1.87 bits per heavy atom. The molecule has 10 nitrogen and oxygen atoms in total. The molecular weight excluding hydrogens is 630 g/mol. The van der Waals surface area contributed by atoms with E-state index in [-0.39, 0.29) is 23.7 Å². The molecule has 12 heteroatoms. The number of halogens is 1. The predicted molar refractivity (Wildman–Crippen MR) is 185 cm³/mol. The average molecular weight is 680 g/mol. The van der Waals surface area contributed by atoms with Gasteiger partial charge in [0.25, 0.3) is 0 Å². The van der Waals surface area contributed by atoms with Crippen LogP contribution in [0.25, 0.3) is 0 Å². The lowest BCUT2D eigenvalue weighted by atomic mass is 9.86. The summed E-state index contributed by atoms with van der Waals surface area (Å²) in [6.07, 6.45) is 15.9. The molecule has 4 atom stereocenters. The lowest BCUT2D eigenvalue weighted by Crippen LogP contribution is -2.52. The van der Waals surface area contributed by atoms with E-state index in [1.165, 1.54) is 19.4 Å². The lowest BCUT2D eigenvalue weighted by Gasteiger charge is -2.29. The minimum absolute atomic E-state index is 0.0201. The highest BCUT2D eigenvalue weighted by Gasteiger charge is 2.32. The molecule has 3 N–H and O–H groups in total. The Bertz CT molecular complexity index is 1210. The summed E-state index contributed by atoms with van der Waals surface area (Å²) < 4.78 is 15.9. The summed E-state index contributed by atoms with van der Waals surface area (Å²) in [5, 5.41) is 8.75. The van der Waals surface area contributed by atoms with Gasteiger partial charge in [-0.05, 0) is 43.7 Å². The normalized spacial score (nSPS) is 18.2. The van der Waals surface area contributed by atoms with Crippen LogP contribution in [0.5, 0.6) is 0 Å². The van der Waals surface area contributed by atoms with Crippen LogP contribution in [0.15, 0.2) is 71.2 Å². The van der Waals surface area contributed by atoms with Crippen LogP contribution in [0.4, 0.5) is 4.79 Å². The van der Waals surface area contributed by atoms with Crippen LogP contribution >= 0.6 is 24.2 Å². The van der Waals surface area contributed by atoms with Gasteiger partial charge in [-0.3, -0.25) is 9.59 Å². The van der Waals surface area contributed by atoms with Crippen molar-refractivity contribution in [1.82, 2.24) is 16.0 Å². The molecule has 0 aromatic carbocycles. The van der Waals surface area contributed by atoms with E-state index in [1.54, 1.807) is 37.3 Å². The summed E-state index contributed by atoms with van der Waals surface area (Å²) in [4.78, 5) is 49.7. The molecule has 0 radical (unpaired) electrons. The Morgan fingerprint density at radius 1 is 1.17 bits per heavy atom. The molecule has 4 unspecified atom stereocenters. The second kappa shape index (κ2) is 21.4. The van der Waals surface area contributed by atoms with Crippen molar-refractivity contribution >= 4 is 48.1 Å². The van der Waals surface area contributed by atoms with Gasteiger partial charge >= 0.3 is 12.1 Å². The van der Waals surface area contributed by atoms with Gasteiger partial charge in [-0.25, -0.2) is 9.59 Å². The van der Waals surface area contributed by atoms with Crippen molar-refractivity contribution in [2.75, 3.05) is 19.4 Å². The molecular formula is C34H50ClN3O7S. The molecule has 1 heterocycles. The number of carbonyl (C=O) groups is 4. The number of carbonyl (C=O) groups excluding carboxylic acids is 4. The first-order valence-corrected chi connectivity index (χ1v) is 16.3. The Hall–Kier alpha value is -3.44. The van der Waals surface area contributed by atoms with Gasteiger partial charge in [0.2, 0.25) is 11.8 Å². The van der Waals surface area contributed by atoms with Gasteiger partial charge in [0.15, 0.2) is 5.76 Å². The van der Waals surface area contributed by atoms with E-state index >= 15 is 0 Å². The van der Waals surface area contributed by atoms with Gasteiger partial charge < -0.3 is 30.2 Å². The van der Waals surface area contributed by atoms with Crippen molar-refractivity contribution in [2.24, 2.45) is 11.3 Å². The molecule has 256 valence electrons. The quantitative estimate of drug-likeness (QED) is 0.0486. The zero-order valence-corrected chi connectivity index (χ0v) is 29.6. The fourth-order valence-corrected chi connectivity index (χ4v) is 4.47. The lowest BCUT2D eigenvalue weighted by molar-refractivity contribution is -0.151. The molecule has 0 bridgehead atoms. The highest BCUT2D eigenvalue weighted by molar-refractivity contribution is 7.80. The number of rotatable bonds is 17. The minimum atomic E-state index is -0.821. The third kappa shape index (κ3) is 16.7. The van der Waals surface area contributed by atoms with E-state index in [4.69, 9.17) is 25.8 Å². The van der Waals surface area contributed by atoms with Crippen LogP contribution < -0.4 is 16.0 Å². The highest BCUT2D eigenvalue weighted by Crippen LogP contribution is 2.23. The van der Waals surface area contributed by atoms with Gasteiger partial charge in [-0.2, -0.15) is 12.6 Å². The van der Waals surface area contributed by atoms with E-state index in [2.05, 4.69) is 28.6 Å². The number of esters is 1. The maximum Gasteiger partial charge on any atom is 0.407 e. The summed E-state index contributed by atoms with van der Waals surface area (Å²) >= 11 is 10.1. The molecule has 1 aliphatic heterocycles. The maximum atomic E-state index is 13.0. The third-order valence-corrected chi connectivity index (χ3v) is 7.21. The molecule has 1 aliphatic rings. The summed E-state index contributed by atoms with van der Waals surface area (Å²) in [6.45, 7) is 11.6. The zero-order valence-electron chi connectivity index (χ0n) is 27.9. The standard InChI is InChI=1S/C34H50ClN3O7S/c1-23(22-24(2)27-17-18-28(43-7)32(41)45-27)12-8-9-14-29(39)38-30(34(4,5)6)31(40)36-19-10-13-26(16-15-25(3)35)44-33(42)37-20-11-21-46/h8-10,12,14-15,18-19,22,24,26-27,30,46H,11,13,16-17,20-21H2,1-7H3,(H,36,40)(H,37,42)(H,38,39). The zero-order chi connectivity index (χ0) is 34.7. The van der Waals surface area contributed by atoms with Gasteiger partial charge in [-0.15, -0.1) is 0 Å². The molecule has 3 amide bonds. The SMILES string of the molecule is COC1=CCC(C(C)C=C(C)C=CC=CC(=O)NC(C(=O)NC=CCC(CC=C(C)Cl)OC(=O)NCCCS)C(C)(C)C)OC1=O. The van der Waals surface area contributed by atoms with Gasteiger partial charge in [-0.1, -0.05) is 81.3 Å². The number of amides is 3. The second-order valence-corrected chi connectivity index (χ2v) is 13.0. The van der Waals surface area contributed by atoms with Crippen LogP contribution in [-0.4, -0.2) is 61.5 Å². The molecule has 0 saturated carbocycles. The van der Waals surface area contributed by atoms with Crippen LogP contribution in [0.3, 0.4) is 0 Å². The number of alkyl carbamates (subject to hydrolysis) is 1. The summed E-state index contributed by atoms with van der Waals surface area (Å²) in [6, 6.07) is -0.821. The summed E-state index contributed by atoms with van der Waals surface area (Å²) in [5.41, 5.74) is 0.359. The van der Waals surface area contributed by atoms with Crippen LogP contribution in [0.1, 0.15) is 67.2 Å². The second-order valence-electron chi connectivity index (χ2n) is 12.0. The topological polar surface area (TPSA) is 132 Å². The van der Waals surface area contributed by atoms with Crippen molar-refractivity contribution < 1.29 is 33.4 Å². The van der Waals surface area contributed by atoms with Crippen molar-refractivity contribution in [3.8, 4) is 0 Å². The Balaban J connectivity index is 2.72. The Kier molecular flexibility index (Phi) is 18.9. The van der Waals surface area contributed by atoms with Crippen LogP contribution in [0.2, 0.25) is 0 Å². The first-order chi connectivity index (χ1) is 21.7. The third-order valence-electron chi connectivity index (χ3n) is 6.74. The molecule has 0 fully saturated rings. The maximum absolute atomic E-state index is 13.0. The largest absolute Gasteiger partial charge is 0.490 e. The number of hydrogen-bond acceptors (Lipinski definition) is 8. The van der Waals surface area contributed by atoms with E-state index < -0.39 is 35.5 Å². The highest BCUT2D eigenvalue weighted by atomic mass is 35.5. The molecule has 0 spiro atoms. The Morgan fingerprint density at radius 3 is 2.48 bits per heavy atom. The summed E-state index contributed by atoms with van der Waals surface area (Å²) in [7, 11) is 1.44. The number of hydrogen-bond donors (Lipinski definition) is 4. The smallest absolute Gasteiger partial charge is 0.407 e. The fourth-order valence-electron chi connectivity index (χ4n) is 4.23. The molecule has 1 rings (SSSR count). The summed E-state index contributed by atoms with van der Waals surface area (Å²) in [5.74, 6) is -0.423. The fraction of sp³-hybridized carbons (Fsp3) is 0.529. The van der Waals surface area contributed by atoms with Crippen molar-refractivity contribution in [3.63, 3.8) is 0 Å². The first-order valence-electron chi connectivity index (χ1n) is 15.3. The van der Waals surface area contributed by atoms with E-state index in [9.17, 15) is 19.2 Å². The number of allylic oxidation sites excluding steroid dienone is 5. The average Bonchev–Trinajstić information content (AvgIpc) is 2.98. The minimum Gasteiger partial charge on any atom is -0.490 e. The monoisotopic (exact) mass is 679 g/mol. The predicted octanol–water partition coefficient (Wildman–Crippen LogP) is 6.03. The van der Waals surface area contributed by atoms with E-state index in [1.807, 2.05) is 46.8 Å². The van der Waals surface area contributed by atoms with E-state index in [0.29, 0.717) is 36.6 Å². The molecule has 0 saturated heterocycles. The number of cyclic esters (lactones) is 1. The van der Waals surface area contributed by atoms with Gasteiger partial charge in [0, 0.05) is 42.8 Å². The molecule has 0 aromatic rings. The van der Waals surface area contributed by atoms with E-state index in [0.717, 1.165) is 12.0 Å². The molecule has 46 heavy (non-hydrogen) atoms. The number of nitrogens with one attached hydrogen (secondary N) is 3. The van der Waals surface area contributed by atoms with Crippen molar-refractivity contribution in [1.29, 1.82) is 0 Å².